The lowest BCUT2D eigenvalue weighted by molar-refractivity contribution is -0.129. The average molecular weight is 517 g/mol. The molecule has 2 aromatic rings. The highest BCUT2D eigenvalue weighted by Gasteiger charge is 2.45. The highest BCUT2D eigenvalue weighted by molar-refractivity contribution is 5.95. The Morgan fingerprint density at radius 3 is 2.14 bits per heavy atom. The number of unbranched alkanes of at least 4 members (excludes halogenated alkanes) is 3. The number of alkyl halides is 2. The molecule has 0 unspecified atom stereocenters. The summed E-state index contributed by atoms with van der Waals surface area (Å²) < 4.78 is 27.7. The molecule has 1 fully saturated rings. The molecule has 0 radical (unpaired) electrons. The molecule has 1 aliphatic carbocycles. The van der Waals surface area contributed by atoms with Gasteiger partial charge in [-0.25, -0.2) is 19.1 Å². The van der Waals surface area contributed by atoms with Gasteiger partial charge in [-0.1, -0.05) is 43.2 Å². The van der Waals surface area contributed by atoms with Crippen molar-refractivity contribution in [1.82, 2.24) is 16.1 Å². The lowest BCUT2D eigenvalue weighted by Gasteiger charge is -2.41. The van der Waals surface area contributed by atoms with Crippen LogP contribution < -0.4 is 21.4 Å². The van der Waals surface area contributed by atoms with Gasteiger partial charge in [0.2, 0.25) is 11.8 Å². The minimum Gasteiger partial charge on any atom is -0.352 e. The second-order valence-corrected chi connectivity index (χ2v) is 9.42. The normalized spacial score (nSPS) is 15.9. The summed E-state index contributed by atoms with van der Waals surface area (Å²) in [5.41, 5.74) is 2.44. The Bertz CT molecular complexity index is 1040. The van der Waals surface area contributed by atoms with Crippen LogP contribution >= 0.6 is 0 Å². The summed E-state index contributed by atoms with van der Waals surface area (Å²) in [4.78, 5) is 36.1. The molecule has 3 rings (SSSR count). The molecule has 10 heteroatoms. The van der Waals surface area contributed by atoms with Gasteiger partial charge in [0, 0.05) is 37.1 Å². The van der Waals surface area contributed by atoms with E-state index in [0.717, 1.165) is 24.8 Å². The van der Waals surface area contributed by atoms with Gasteiger partial charge in [-0.2, -0.15) is 0 Å². The van der Waals surface area contributed by atoms with Crippen molar-refractivity contribution in [2.75, 3.05) is 11.9 Å². The number of carbonyl (C=O) groups excluding carboxylic acids is 3. The van der Waals surface area contributed by atoms with Crippen LogP contribution in [0.1, 0.15) is 73.7 Å². The first-order chi connectivity index (χ1) is 17.7. The fraction of sp³-hybridized carbons (Fsp3) is 0.444. The van der Waals surface area contributed by atoms with Gasteiger partial charge in [0.15, 0.2) is 0 Å². The maximum absolute atomic E-state index is 13.9. The van der Waals surface area contributed by atoms with Crippen molar-refractivity contribution >= 4 is 23.5 Å². The second-order valence-electron chi connectivity index (χ2n) is 9.42. The Kier molecular flexibility index (Phi) is 9.96. The molecule has 0 saturated heterocycles. The number of hydrogen-bond donors (Lipinski definition) is 5. The van der Waals surface area contributed by atoms with Crippen LogP contribution in [0.3, 0.4) is 0 Å². The Balaban J connectivity index is 1.47. The molecule has 1 saturated carbocycles. The molecule has 0 aliphatic heterocycles. The molecule has 1 aliphatic rings. The second kappa shape index (κ2) is 13.1. The van der Waals surface area contributed by atoms with Crippen molar-refractivity contribution in [2.45, 2.75) is 69.2 Å². The van der Waals surface area contributed by atoms with Crippen molar-refractivity contribution in [3.05, 3.63) is 65.7 Å². The first kappa shape index (κ1) is 28.0. The van der Waals surface area contributed by atoms with E-state index in [4.69, 9.17) is 5.21 Å². The Labute approximate surface area is 215 Å². The van der Waals surface area contributed by atoms with Gasteiger partial charge in [0.25, 0.3) is 5.91 Å². The molecular weight excluding hydrogens is 482 g/mol. The largest absolute Gasteiger partial charge is 0.352 e. The average Bonchev–Trinajstić information content (AvgIpc) is 2.90. The molecule has 8 nitrogen and oxygen atoms in total. The molecule has 0 bridgehead atoms. The number of hydrogen-bond acceptors (Lipinski definition) is 4. The SMILES string of the molecule is O=C(CCCCCCNC(=O)c1ccc(NC(=O)NC2(c3ccccc3)CCC(F)(F)CC2)cc1)NO. The number of nitrogens with one attached hydrogen (secondary N) is 4. The number of hydroxylamine groups is 1. The quantitative estimate of drug-likeness (QED) is 0.162. The van der Waals surface area contributed by atoms with E-state index in [9.17, 15) is 23.2 Å². The van der Waals surface area contributed by atoms with Crippen LogP contribution in [-0.4, -0.2) is 35.5 Å². The van der Waals surface area contributed by atoms with Crippen LogP contribution in [0.4, 0.5) is 19.3 Å². The summed E-state index contributed by atoms with van der Waals surface area (Å²) in [5, 5.41) is 17.0. The minimum atomic E-state index is -2.73. The summed E-state index contributed by atoms with van der Waals surface area (Å²) in [6.07, 6.45) is 3.04. The van der Waals surface area contributed by atoms with Gasteiger partial charge >= 0.3 is 6.03 Å². The predicted octanol–water partition coefficient (Wildman–Crippen LogP) is 5.10. The van der Waals surface area contributed by atoms with Gasteiger partial charge in [-0.3, -0.25) is 14.8 Å². The number of amides is 4. The van der Waals surface area contributed by atoms with E-state index in [-0.39, 0.29) is 38.0 Å². The van der Waals surface area contributed by atoms with Gasteiger partial charge in [0.1, 0.15) is 0 Å². The van der Waals surface area contributed by atoms with Crippen molar-refractivity contribution in [3.63, 3.8) is 0 Å². The summed E-state index contributed by atoms with van der Waals surface area (Å²) in [6.45, 7) is 0.494. The van der Waals surface area contributed by atoms with Crippen molar-refractivity contribution in [2.24, 2.45) is 0 Å². The van der Waals surface area contributed by atoms with Crippen molar-refractivity contribution in [1.29, 1.82) is 0 Å². The van der Waals surface area contributed by atoms with Crippen LogP contribution in [0.25, 0.3) is 0 Å². The van der Waals surface area contributed by atoms with Gasteiger partial charge < -0.3 is 16.0 Å². The molecule has 0 atom stereocenters. The van der Waals surface area contributed by atoms with E-state index in [2.05, 4.69) is 16.0 Å². The predicted molar refractivity (Wildman–Crippen MR) is 135 cm³/mol. The summed E-state index contributed by atoms with van der Waals surface area (Å²) >= 11 is 0. The van der Waals surface area contributed by atoms with Gasteiger partial charge in [-0.15, -0.1) is 0 Å². The number of benzene rings is 2. The third-order valence-electron chi connectivity index (χ3n) is 6.66. The van der Waals surface area contributed by atoms with E-state index >= 15 is 0 Å². The molecule has 0 heterocycles. The zero-order chi connectivity index (χ0) is 26.7. The zero-order valence-electron chi connectivity index (χ0n) is 20.7. The molecule has 0 aromatic heterocycles. The van der Waals surface area contributed by atoms with E-state index < -0.39 is 23.4 Å². The van der Waals surface area contributed by atoms with Crippen LogP contribution in [0, 0.1) is 0 Å². The maximum atomic E-state index is 13.9. The van der Waals surface area contributed by atoms with Crippen LogP contribution in [0.5, 0.6) is 0 Å². The zero-order valence-corrected chi connectivity index (χ0v) is 20.7. The minimum absolute atomic E-state index is 0.133. The van der Waals surface area contributed by atoms with E-state index in [1.165, 1.54) is 0 Å². The maximum Gasteiger partial charge on any atom is 0.319 e. The summed E-state index contributed by atoms with van der Waals surface area (Å²) in [5.74, 6) is -3.37. The monoisotopic (exact) mass is 516 g/mol. The van der Waals surface area contributed by atoms with Crippen molar-refractivity contribution < 1.29 is 28.4 Å². The lowest BCUT2D eigenvalue weighted by atomic mass is 9.75. The van der Waals surface area contributed by atoms with Gasteiger partial charge in [0.05, 0.1) is 5.54 Å². The van der Waals surface area contributed by atoms with Gasteiger partial charge in [-0.05, 0) is 55.5 Å². The molecule has 4 amide bonds. The van der Waals surface area contributed by atoms with E-state index in [1.807, 2.05) is 30.3 Å². The Morgan fingerprint density at radius 2 is 1.49 bits per heavy atom. The molecule has 37 heavy (non-hydrogen) atoms. The highest BCUT2D eigenvalue weighted by atomic mass is 19.3. The first-order valence-corrected chi connectivity index (χ1v) is 12.6. The molecule has 5 N–H and O–H groups in total. The smallest absolute Gasteiger partial charge is 0.319 e. The Hall–Kier alpha value is -3.53. The highest BCUT2D eigenvalue weighted by Crippen LogP contribution is 2.43. The molecular formula is C27H34F2N4O4. The van der Waals surface area contributed by atoms with Crippen LogP contribution in [-0.2, 0) is 10.3 Å². The lowest BCUT2D eigenvalue weighted by Crippen LogP contribution is -2.51. The van der Waals surface area contributed by atoms with E-state index in [0.29, 0.717) is 24.2 Å². The molecule has 2 aromatic carbocycles. The third-order valence-corrected chi connectivity index (χ3v) is 6.66. The van der Waals surface area contributed by atoms with Crippen molar-refractivity contribution in [3.8, 4) is 0 Å². The van der Waals surface area contributed by atoms with Crippen LogP contribution in [0.15, 0.2) is 54.6 Å². The van der Waals surface area contributed by atoms with Crippen LogP contribution in [0.2, 0.25) is 0 Å². The molecule has 200 valence electrons. The molecule has 0 spiro atoms. The number of carbonyl (C=O) groups is 3. The fourth-order valence-corrected chi connectivity index (χ4v) is 4.49. The summed E-state index contributed by atoms with van der Waals surface area (Å²) in [7, 11) is 0. The fourth-order valence-electron chi connectivity index (χ4n) is 4.49. The first-order valence-electron chi connectivity index (χ1n) is 12.6. The van der Waals surface area contributed by atoms with E-state index in [1.54, 1.807) is 29.7 Å². The number of urea groups is 1. The third kappa shape index (κ3) is 8.52. The number of halogens is 2. The topological polar surface area (TPSA) is 120 Å². The summed E-state index contributed by atoms with van der Waals surface area (Å²) in [6, 6.07) is 15.1. The number of rotatable bonds is 11. The number of anilines is 1. The standard InChI is InChI=1S/C27H34F2N4O4/c28-27(29)17-15-26(16-18-27,21-8-4-3-5-9-21)32-25(36)31-22-13-11-20(12-14-22)24(35)30-19-7-2-1-6-10-23(34)33-37/h3-5,8-9,11-14,37H,1-2,6-7,10,15-19H2,(H,30,35)(H,33,34)(H2,31,32,36). The Morgan fingerprint density at radius 1 is 0.838 bits per heavy atom.